The summed E-state index contributed by atoms with van der Waals surface area (Å²) in [7, 11) is 0. The van der Waals surface area contributed by atoms with Crippen LogP contribution in [0.2, 0.25) is 0 Å². The fraction of sp³-hybridized carbons (Fsp3) is 0.586. The molecular formula is C29H34F5N7O2. The molecule has 0 radical (unpaired) electrons. The molecule has 43 heavy (non-hydrogen) atoms. The molecule has 3 heterocycles. The third kappa shape index (κ3) is 7.82. The molecule has 0 aliphatic heterocycles. The summed E-state index contributed by atoms with van der Waals surface area (Å²) < 4.78 is 67.4. The van der Waals surface area contributed by atoms with Crippen LogP contribution in [0, 0.1) is 11.8 Å². The van der Waals surface area contributed by atoms with Crippen molar-refractivity contribution < 1.29 is 31.5 Å². The van der Waals surface area contributed by atoms with Gasteiger partial charge in [-0.25, -0.2) is 28.2 Å². The Kier molecular flexibility index (Phi) is 8.66. The summed E-state index contributed by atoms with van der Waals surface area (Å²) in [6.45, 7) is 3.88. The van der Waals surface area contributed by atoms with Gasteiger partial charge in [-0.3, -0.25) is 9.59 Å². The van der Waals surface area contributed by atoms with Gasteiger partial charge in [0.25, 0.3) is 5.91 Å². The van der Waals surface area contributed by atoms with Crippen molar-refractivity contribution in [3.63, 3.8) is 0 Å². The van der Waals surface area contributed by atoms with E-state index in [9.17, 15) is 31.5 Å². The highest BCUT2D eigenvalue weighted by atomic mass is 19.4. The van der Waals surface area contributed by atoms with Gasteiger partial charge in [-0.05, 0) is 61.1 Å². The molecule has 2 fully saturated rings. The van der Waals surface area contributed by atoms with Gasteiger partial charge in [0.15, 0.2) is 5.65 Å². The first-order valence-corrected chi connectivity index (χ1v) is 14.5. The zero-order valence-electron chi connectivity index (χ0n) is 23.9. The van der Waals surface area contributed by atoms with Crippen molar-refractivity contribution in [3.05, 3.63) is 53.5 Å². The maximum atomic E-state index is 14.0. The predicted octanol–water partition coefficient (Wildman–Crippen LogP) is 5.85. The van der Waals surface area contributed by atoms with Gasteiger partial charge in [0, 0.05) is 25.0 Å². The standard InChI is InChI=1S/C29H34F5N7O2/c1-16(2)20-12-21(36-15-35-20)27(43)40-26(18-5-8-28(30,31)9-6-18)22-14-41-23(38-22)11-19(13-37-41)25(17-3-4-17)39-24(42)7-10-29(32,33)34/h11-18,25-26H,3-10H2,1-2H3,(H,39,42)(H,40,43)/t25-,26+/m1/s1. The van der Waals surface area contributed by atoms with E-state index in [1.807, 2.05) is 13.8 Å². The second kappa shape index (κ2) is 12.1. The summed E-state index contributed by atoms with van der Waals surface area (Å²) in [4.78, 5) is 38.6. The molecule has 0 saturated heterocycles. The van der Waals surface area contributed by atoms with E-state index in [0.29, 0.717) is 22.6 Å². The van der Waals surface area contributed by atoms with Crippen LogP contribution in [0.4, 0.5) is 22.0 Å². The quantitative estimate of drug-likeness (QED) is 0.280. The van der Waals surface area contributed by atoms with Crippen LogP contribution in [-0.2, 0) is 4.79 Å². The Morgan fingerprint density at radius 1 is 1.00 bits per heavy atom. The van der Waals surface area contributed by atoms with E-state index in [4.69, 9.17) is 4.98 Å². The third-order valence-electron chi connectivity index (χ3n) is 8.12. The number of nitrogens with one attached hydrogen (secondary N) is 2. The van der Waals surface area contributed by atoms with Crippen LogP contribution < -0.4 is 10.6 Å². The molecule has 0 bridgehead atoms. The first-order chi connectivity index (χ1) is 20.3. The average molecular weight is 608 g/mol. The maximum absolute atomic E-state index is 14.0. The number of alkyl halides is 5. The molecule has 14 heteroatoms. The van der Waals surface area contributed by atoms with Gasteiger partial charge in [-0.15, -0.1) is 0 Å². The van der Waals surface area contributed by atoms with Crippen LogP contribution in [-0.4, -0.2) is 48.5 Å². The van der Waals surface area contributed by atoms with Crippen molar-refractivity contribution in [2.75, 3.05) is 0 Å². The molecule has 2 amide bonds. The van der Waals surface area contributed by atoms with Crippen LogP contribution in [0.25, 0.3) is 5.65 Å². The number of carbonyl (C=O) groups excluding carboxylic acids is 2. The van der Waals surface area contributed by atoms with Gasteiger partial charge in [-0.2, -0.15) is 18.3 Å². The van der Waals surface area contributed by atoms with Gasteiger partial charge >= 0.3 is 6.18 Å². The van der Waals surface area contributed by atoms with E-state index >= 15 is 0 Å². The Hall–Kier alpha value is -3.71. The van der Waals surface area contributed by atoms with Gasteiger partial charge in [0.1, 0.15) is 12.0 Å². The monoisotopic (exact) mass is 607 g/mol. The van der Waals surface area contributed by atoms with Crippen LogP contribution in [0.3, 0.4) is 0 Å². The van der Waals surface area contributed by atoms with Gasteiger partial charge in [0.05, 0.1) is 36.6 Å². The average Bonchev–Trinajstić information content (AvgIpc) is 3.71. The van der Waals surface area contributed by atoms with E-state index in [-0.39, 0.29) is 49.1 Å². The normalized spacial score (nSPS) is 18.9. The Morgan fingerprint density at radius 2 is 1.70 bits per heavy atom. The van der Waals surface area contributed by atoms with Crippen molar-refractivity contribution in [1.29, 1.82) is 0 Å². The molecule has 2 aliphatic rings. The largest absolute Gasteiger partial charge is 0.389 e. The summed E-state index contributed by atoms with van der Waals surface area (Å²) in [5, 5.41) is 10.1. The van der Waals surface area contributed by atoms with Crippen LogP contribution >= 0.6 is 0 Å². The SMILES string of the molecule is CC(C)c1cc(C(=O)N[C@H](c2cn3ncc([C@H](NC(=O)CCC(F)(F)F)C4CC4)cc3n2)C2CCC(F)(F)CC2)ncn1. The lowest BCUT2D eigenvalue weighted by molar-refractivity contribution is -0.144. The minimum Gasteiger partial charge on any atom is -0.349 e. The first-order valence-electron chi connectivity index (χ1n) is 14.5. The number of halogens is 5. The Balaban J connectivity index is 1.40. The summed E-state index contributed by atoms with van der Waals surface area (Å²) in [6.07, 6.45) is -0.429. The molecule has 0 aromatic carbocycles. The summed E-state index contributed by atoms with van der Waals surface area (Å²) in [5.41, 5.74) is 2.28. The van der Waals surface area contributed by atoms with Gasteiger partial charge < -0.3 is 10.6 Å². The summed E-state index contributed by atoms with van der Waals surface area (Å²) in [6, 6.07) is 2.09. The molecule has 2 atom stereocenters. The van der Waals surface area contributed by atoms with E-state index in [1.54, 1.807) is 18.3 Å². The maximum Gasteiger partial charge on any atom is 0.389 e. The number of rotatable bonds is 10. The molecular weight excluding hydrogens is 573 g/mol. The Labute approximate surface area is 245 Å². The van der Waals surface area contributed by atoms with Crippen LogP contribution in [0.1, 0.15) is 111 Å². The molecule has 0 spiro atoms. The number of aromatic nitrogens is 5. The van der Waals surface area contributed by atoms with Crippen LogP contribution in [0.15, 0.2) is 30.9 Å². The number of hydrogen-bond donors (Lipinski definition) is 2. The van der Waals surface area contributed by atoms with E-state index < -0.39 is 48.8 Å². The molecule has 2 saturated carbocycles. The highest BCUT2D eigenvalue weighted by molar-refractivity contribution is 5.92. The van der Waals surface area contributed by atoms with Crippen molar-refractivity contribution in [1.82, 2.24) is 35.2 Å². The number of hydrogen-bond acceptors (Lipinski definition) is 6. The zero-order valence-corrected chi connectivity index (χ0v) is 23.9. The number of nitrogens with zero attached hydrogens (tertiary/aromatic N) is 5. The number of fused-ring (bicyclic) bond motifs is 1. The van der Waals surface area contributed by atoms with Crippen LogP contribution in [0.5, 0.6) is 0 Å². The van der Waals surface area contributed by atoms with E-state index in [2.05, 4.69) is 25.7 Å². The summed E-state index contributed by atoms with van der Waals surface area (Å²) >= 11 is 0. The molecule has 3 aromatic heterocycles. The van der Waals surface area contributed by atoms with Crippen molar-refractivity contribution in [3.8, 4) is 0 Å². The highest BCUT2D eigenvalue weighted by Gasteiger charge is 2.40. The molecule has 0 unspecified atom stereocenters. The third-order valence-corrected chi connectivity index (χ3v) is 8.12. The number of carbonyl (C=O) groups is 2. The number of amides is 2. The molecule has 3 aromatic rings. The number of imidazole rings is 1. The molecule has 9 nitrogen and oxygen atoms in total. The van der Waals surface area contributed by atoms with Gasteiger partial charge in [0.2, 0.25) is 11.8 Å². The highest BCUT2D eigenvalue weighted by Crippen LogP contribution is 2.43. The lowest BCUT2D eigenvalue weighted by Crippen LogP contribution is -2.37. The minimum atomic E-state index is -4.43. The van der Waals surface area contributed by atoms with Crippen molar-refractivity contribution in [2.24, 2.45) is 11.8 Å². The lowest BCUT2D eigenvalue weighted by atomic mass is 9.81. The van der Waals surface area contributed by atoms with E-state index in [1.165, 1.54) is 17.0 Å². The van der Waals surface area contributed by atoms with Crippen molar-refractivity contribution in [2.45, 2.75) is 95.3 Å². The second-order valence-electron chi connectivity index (χ2n) is 11.9. The summed E-state index contributed by atoms with van der Waals surface area (Å²) in [5.74, 6) is -4.10. The second-order valence-corrected chi connectivity index (χ2v) is 11.9. The fourth-order valence-corrected chi connectivity index (χ4v) is 5.49. The Bertz CT molecular complexity index is 1460. The molecule has 2 aliphatic carbocycles. The predicted molar refractivity (Wildman–Crippen MR) is 145 cm³/mol. The molecule has 5 rings (SSSR count). The Morgan fingerprint density at radius 3 is 2.35 bits per heavy atom. The fourth-order valence-electron chi connectivity index (χ4n) is 5.49. The first kappa shape index (κ1) is 30.7. The lowest BCUT2D eigenvalue weighted by Gasteiger charge is -2.33. The topological polar surface area (TPSA) is 114 Å². The molecule has 2 N–H and O–H groups in total. The minimum absolute atomic E-state index is 0.0681. The van der Waals surface area contributed by atoms with Gasteiger partial charge in [-0.1, -0.05) is 13.8 Å². The smallest absolute Gasteiger partial charge is 0.349 e. The van der Waals surface area contributed by atoms with E-state index in [0.717, 1.165) is 12.8 Å². The van der Waals surface area contributed by atoms with Crippen molar-refractivity contribution >= 4 is 17.5 Å². The zero-order chi connectivity index (χ0) is 30.9. The molecule has 232 valence electrons.